The molecule has 0 spiro atoms. The molecule has 0 aromatic carbocycles. The molecule has 0 aliphatic heterocycles. The Hall–Kier alpha value is -1.94. The summed E-state index contributed by atoms with van der Waals surface area (Å²) in [4.78, 5) is 72.8. The lowest BCUT2D eigenvalue weighted by Crippen LogP contribution is -2.30. The monoisotopic (exact) mass is 1400 g/mol. The first-order valence-electron chi connectivity index (χ1n) is 39.6. The van der Waals surface area contributed by atoms with E-state index >= 15 is 0 Å². The van der Waals surface area contributed by atoms with Gasteiger partial charge in [-0.05, 0) is 31.6 Å². The second kappa shape index (κ2) is 69.2. The van der Waals surface area contributed by atoms with Crippen LogP contribution in [0.1, 0.15) is 401 Å². The number of rotatable bonds is 76. The summed E-state index contributed by atoms with van der Waals surface area (Å²) in [6.07, 6.45) is 58.2. The lowest BCUT2D eigenvalue weighted by molar-refractivity contribution is -0.161. The third kappa shape index (κ3) is 70.3. The van der Waals surface area contributed by atoms with E-state index in [9.17, 15) is 43.2 Å². The number of hydrogen-bond acceptors (Lipinski definition) is 15. The molecule has 0 aromatic heterocycles. The summed E-state index contributed by atoms with van der Waals surface area (Å²) in [5, 5.41) is 10.6. The molecule has 0 saturated carbocycles. The van der Waals surface area contributed by atoms with Crippen molar-refractivity contribution in [3.63, 3.8) is 0 Å². The lowest BCUT2D eigenvalue weighted by atomic mass is 10.0. The zero-order chi connectivity index (χ0) is 69.8. The highest BCUT2D eigenvalue weighted by Crippen LogP contribution is 2.45. The van der Waals surface area contributed by atoms with Gasteiger partial charge in [0.05, 0.1) is 26.4 Å². The van der Waals surface area contributed by atoms with Crippen molar-refractivity contribution in [1.82, 2.24) is 0 Å². The van der Waals surface area contributed by atoms with Gasteiger partial charge in [-0.3, -0.25) is 37.3 Å². The van der Waals surface area contributed by atoms with Crippen LogP contribution in [-0.2, 0) is 65.4 Å². The SMILES string of the molecule is CCCCCCCCCCCCCCCCCCCC(=O)O[C@H](COC(=O)CCCCCCCCCCCCCCCCC)COP(=O)(O)OC[C@@H](O)COP(=O)(O)OC[C@@H](COC(=O)CCCCCCCCCCC(C)C)OC(=O)CCCCCCCCCCCCCC. The van der Waals surface area contributed by atoms with Gasteiger partial charge in [-0.1, -0.05) is 349 Å². The lowest BCUT2D eigenvalue weighted by Gasteiger charge is -2.21. The summed E-state index contributed by atoms with van der Waals surface area (Å²) >= 11 is 0. The molecule has 0 aliphatic carbocycles. The van der Waals surface area contributed by atoms with Crippen molar-refractivity contribution in [3.8, 4) is 0 Å². The molecule has 0 saturated heterocycles. The van der Waals surface area contributed by atoms with Gasteiger partial charge in [-0.25, -0.2) is 9.13 Å². The molecule has 0 heterocycles. The molecule has 2 unspecified atom stereocenters. The zero-order valence-electron chi connectivity index (χ0n) is 61.8. The number of carbonyl (C=O) groups excluding carboxylic acids is 4. The molecule has 564 valence electrons. The van der Waals surface area contributed by atoms with Crippen LogP contribution in [0, 0.1) is 5.92 Å². The number of hydrogen-bond donors (Lipinski definition) is 3. The number of phosphoric ester groups is 2. The Labute approximate surface area is 581 Å². The van der Waals surface area contributed by atoms with Crippen molar-refractivity contribution in [1.29, 1.82) is 0 Å². The minimum Gasteiger partial charge on any atom is -0.462 e. The number of aliphatic hydroxyl groups excluding tert-OH is 1. The Kier molecular flexibility index (Phi) is 67.7. The summed E-state index contributed by atoms with van der Waals surface area (Å²) in [5.74, 6) is -1.38. The van der Waals surface area contributed by atoms with Gasteiger partial charge in [0.2, 0.25) is 0 Å². The van der Waals surface area contributed by atoms with Crippen LogP contribution >= 0.6 is 15.6 Å². The fraction of sp³-hybridized carbons (Fsp3) is 0.947. The predicted molar refractivity (Wildman–Crippen MR) is 386 cm³/mol. The van der Waals surface area contributed by atoms with E-state index in [0.717, 1.165) is 95.8 Å². The first kappa shape index (κ1) is 93.1. The Morgan fingerprint density at radius 1 is 0.284 bits per heavy atom. The molecule has 5 atom stereocenters. The van der Waals surface area contributed by atoms with E-state index in [1.54, 1.807) is 0 Å². The maximum Gasteiger partial charge on any atom is 0.472 e. The standard InChI is InChI=1S/C76H148O17P2/c1-6-9-12-15-18-21-24-27-29-30-32-34-37-40-47-52-57-62-76(81)92-71(65-86-73(78)59-54-49-44-38-36-33-31-28-25-22-19-16-13-10-7-2)67-90-94(82,83)88-63-70(77)64-89-95(84,85)91-68-72(66-87-74(79)60-55-50-45-42-41-43-48-53-58-69(4)5)93-75(80)61-56-51-46-39-35-26-23-20-17-14-11-8-3/h69-72,77H,6-68H2,1-5H3,(H,82,83)(H,84,85)/t70-,71-,72-/m1/s1. The van der Waals surface area contributed by atoms with Crippen molar-refractivity contribution in [2.45, 2.75) is 419 Å². The molecule has 95 heavy (non-hydrogen) atoms. The molecule has 0 bridgehead atoms. The van der Waals surface area contributed by atoms with E-state index in [4.69, 9.17) is 37.0 Å². The number of ether oxygens (including phenoxy) is 4. The van der Waals surface area contributed by atoms with E-state index in [-0.39, 0.29) is 25.7 Å². The van der Waals surface area contributed by atoms with Crippen molar-refractivity contribution in [3.05, 3.63) is 0 Å². The van der Waals surface area contributed by atoms with Crippen LogP contribution < -0.4 is 0 Å². The molecule has 19 heteroatoms. The van der Waals surface area contributed by atoms with Gasteiger partial charge in [0.25, 0.3) is 0 Å². The van der Waals surface area contributed by atoms with Crippen LogP contribution in [0.3, 0.4) is 0 Å². The number of carbonyl (C=O) groups is 4. The average Bonchev–Trinajstić information content (AvgIpc) is 3.59. The zero-order valence-corrected chi connectivity index (χ0v) is 63.6. The fourth-order valence-electron chi connectivity index (χ4n) is 11.7. The minimum absolute atomic E-state index is 0.107. The van der Waals surface area contributed by atoms with E-state index < -0.39 is 97.5 Å². The van der Waals surface area contributed by atoms with E-state index in [0.29, 0.717) is 25.7 Å². The molecule has 0 rings (SSSR count). The highest BCUT2D eigenvalue weighted by atomic mass is 31.2. The van der Waals surface area contributed by atoms with Gasteiger partial charge in [0.15, 0.2) is 12.2 Å². The molecular formula is C76H148O17P2. The first-order chi connectivity index (χ1) is 46.0. The molecule has 0 amide bonds. The maximum absolute atomic E-state index is 13.1. The average molecular weight is 1400 g/mol. The molecule has 0 radical (unpaired) electrons. The largest absolute Gasteiger partial charge is 0.472 e. The summed E-state index contributed by atoms with van der Waals surface area (Å²) in [6, 6.07) is 0. The normalized spacial score (nSPS) is 13.9. The first-order valence-corrected chi connectivity index (χ1v) is 42.6. The minimum atomic E-state index is -4.96. The second-order valence-corrected chi connectivity index (χ2v) is 30.8. The number of esters is 4. The molecular weight excluding hydrogens is 1250 g/mol. The second-order valence-electron chi connectivity index (χ2n) is 27.9. The summed E-state index contributed by atoms with van der Waals surface area (Å²) in [7, 11) is -9.91. The number of phosphoric acid groups is 2. The highest BCUT2D eigenvalue weighted by Gasteiger charge is 2.30. The van der Waals surface area contributed by atoms with E-state index in [1.165, 1.54) is 225 Å². The number of aliphatic hydroxyl groups is 1. The van der Waals surface area contributed by atoms with Crippen molar-refractivity contribution in [2.75, 3.05) is 39.6 Å². The van der Waals surface area contributed by atoms with Gasteiger partial charge < -0.3 is 33.8 Å². The molecule has 0 aromatic rings. The fourth-order valence-corrected chi connectivity index (χ4v) is 13.3. The van der Waals surface area contributed by atoms with Crippen LogP contribution in [-0.4, -0.2) is 96.7 Å². The smallest absolute Gasteiger partial charge is 0.462 e. The molecule has 0 fully saturated rings. The summed E-state index contributed by atoms with van der Waals surface area (Å²) in [5.41, 5.74) is 0. The van der Waals surface area contributed by atoms with Crippen molar-refractivity contribution in [2.24, 2.45) is 5.92 Å². The predicted octanol–water partition coefficient (Wildman–Crippen LogP) is 22.5. The van der Waals surface area contributed by atoms with Gasteiger partial charge in [-0.2, -0.15) is 0 Å². The highest BCUT2D eigenvalue weighted by molar-refractivity contribution is 7.47. The number of unbranched alkanes of at least 4 members (excludes halogenated alkanes) is 48. The van der Waals surface area contributed by atoms with Crippen molar-refractivity contribution < 1.29 is 80.2 Å². The topological polar surface area (TPSA) is 237 Å². The summed E-state index contributed by atoms with van der Waals surface area (Å²) in [6.45, 7) is 7.27. The Morgan fingerprint density at radius 3 is 0.716 bits per heavy atom. The van der Waals surface area contributed by atoms with Crippen LogP contribution in [0.2, 0.25) is 0 Å². The van der Waals surface area contributed by atoms with Crippen molar-refractivity contribution >= 4 is 39.5 Å². The quantitative estimate of drug-likeness (QED) is 0.0222. The third-order valence-corrected chi connectivity index (χ3v) is 19.7. The maximum atomic E-state index is 13.1. The van der Waals surface area contributed by atoms with Gasteiger partial charge in [0.1, 0.15) is 19.3 Å². The Bertz CT molecular complexity index is 1820. The van der Waals surface area contributed by atoms with Gasteiger partial charge in [0, 0.05) is 25.7 Å². The molecule has 17 nitrogen and oxygen atoms in total. The third-order valence-electron chi connectivity index (χ3n) is 17.8. The Morgan fingerprint density at radius 2 is 0.484 bits per heavy atom. The van der Waals surface area contributed by atoms with Crippen LogP contribution in [0.5, 0.6) is 0 Å². The summed E-state index contributed by atoms with van der Waals surface area (Å²) < 4.78 is 68.5. The molecule has 3 N–H and O–H groups in total. The van der Waals surface area contributed by atoms with Crippen LogP contribution in [0.15, 0.2) is 0 Å². The van der Waals surface area contributed by atoms with E-state index in [1.807, 2.05) is 0 Å². The van der Waals surface area contributed by atoms with Crippen LogP contribution in [0.4, 0.5) is 0 Å². The van der Waals surface area contributed by atoms with Gasteiger partial charge in [-0.15, -0.1) is 0 Å². The van der Waals surface area contributed by atoms with Gasteiger partial charge >= 0.3 is 39.5 Å². The Balaban J connectivity index is 5.25. The van der Waals surface area contributed by atoms with Crippen LogP contribution in [0.25, 0.3) is 0 Å². The molecule has 0 aliphatic rings. The van der Waals surface area contributed by atoms with E-state index in [2.05, 4.69) is 34.6 Å².